The van der Waals surface area contributed by atoms with Gasteiger partial charge in [0, 0.05) is 36.9 Å². The highest BCUT2D eigenvalue weighted by Crippen LogP contribution is 2.49. The molecule has 0 bridgehead atoms. The van der Waals surface area contributed by atoms with E-state index in [1.807, 2.05) is 19.1 Å². The first kappa shape index (κ1) is 32.4. The molecule has 47 heavy (non-hydrogen) atoms. The maximum atomic E-state index is 13.4. The number of aryl methyl sites for hydroxylation is 2. The normalized spacial score (nSPS) is 21.0. The summed E-state index contributed by atoms with van der Waals surface area (Å²) in [7, 11) is 0. The summed E-state index contributed by atoms with van der Waals surface area (Å²) in [6, 6.07) is 14.4. The maximum Gasteiger partial charge on any atom is 0.251 e. The molecular weight excluding hydrogens is 590 g/mol. The van der Waals surface area contributed by atoms with Gasteiger partial charge in [0.25, 0.3) is 5.91 Å². The molecule has 246 valence electrons. The third-order valence-corrected chi connectivity index (χ3v) is 10.4. The van der Waals surface area contributed by atoms with Gasteiger partial charge in [0.05, 0.1) is 18.0 Å². The number of hydrogen-bond donors (Lipinski definition) is 4. The van der Waals surface area contributed by atoms with Gasteiger partial charge in [-0.1, -0.05) is 31.2 Å². The molecule has 2 unspecified atom stereocenters. The molecule has 4 N–H and O–H groups in total. The van der Waals surface area contributed by atoms with Crippen molar-refractivity contribution in [1.82, 2.24) is 41.5 Å². The number of benzene rings is 2. The van der Waals surface area contributed by atoms with Gasteiger partial charge in [-0.2, -0.15) is 5.26 Å². The summed E-state index contributed by atoms with van der Waals surface area (Å²) in [5.74, 6) is 0.873. The largest absolute Gasteiger partial charge is 0.385 e. The van der Waals surface area contributed by atoms with E-state index in [2.05, 4.69) is 80.4 Å². The van der Waals surface area contributed by atoms with Crippen LogP contribution in [0, 0.1) is 17.2 Å². The Morgan fingerprint density at radius 2 is 1.74 bits per heavy atom. The van der Waals surface area contributed by atoms with E-state index >= 15 is 0 Å². The summed E-state index contributed by atoms with van der Waals surface area (Å²) in [5, 5.41) is 35.5. The van der Waals surface area contributed by atoms with Gasteiger partial charge in [0.2, 0.25) is 5.91 Å². The average molecular weight is 636 g/mol. The molecule has 3 aliphatic rings. The molecule has 2 aromatic carbocycles. The molecule has 3 aromatic rings. The van der Waals surface area contributed by atoms with Gasteiger partial charge in [0.1, 0.15) is 6.04 Å². The number of nitriles is 1. The van der Waals surface area contributed by atoms with E-state index in [4.69, 9.17) is 0 Å². The lowest BCUT2D eigenvalue weighted by Gasteiger charge is -2.42. The molecule has 2 amide bonds. The van der Waals surface area contributed by atoms with Gasteiger partial charge in [-0.3, -0.25) is 9.59 Å². The molecule has 1 saturated heterocycles. The minimum atomic E-state index is -0.790. The lowest BCUT2D eigenvalue weighted by molar-refractivity contribution is -0.130. The summed E-state index contributed by atoms with van der Waals surface area (Å²) in [6.07, 6.45) is 6.97. The number of tetrazole rings is 1. The average Bonchev–Trinajstić information content (AvgIpc) is 3.75. The number of nitrogens with one attached hydrogen (secondary N) is 4. The Morgan fingerprint density at radius 1 is 1.04 bits per heavy atom. The lowest BCUT2D eigenvalue weighted by atomic mass is 9.64. The Balaban J connectivity index is 1.47. The number of H-pyrrole nitrogens is 1. The number of hydrogen-bond acceptors (Lipinski definition) is 8. The first-order chi connectivity index (χ1) is 22.9. The van der Waals surface area contributed by atoms with Crippen LogP contribution in [0.1, 0.15) is 96.4 Å². The smallest absolute Gasteiger partial charge is 0.251 e. The van der Waals surface area contributed by atoms with Crippen LogP contribution >= 0.6 is 0 Å². The van der Waals surface area contributed by atoms with Crippen LogP contribution < -0.4 is 16.0 Å². The molecule has 6 rings (SSSR count). The van der Waals surface area contributed by atoms with Crippen molar-refractivity contribution >= 4 is 17.5 Å². The van der Waals surface area contributed by atoms with Crippen molar-refractivity contribution in [3.8, 4) is 6.07 Å². The fourth-order valence-electron chi connectivity index (χ4n) is 7.76. The van der Waals surface area contributed by atoms with Gasteiger partial charge in [-0.15, -0.1) is 5.10 Å². The first-order valence-corrected chi connectivity index (χ1v) is 17.0. The van der Waals surface area contributed by atoms with E-state index < -0.39 is 5.41 Å². The number of aromatic amines is 1. The number of carbonyl (C=O) groups is 2. The van der Waals surface area contributed by atoms with E-state index in [-0.39, 0.29) is 30.4 Å². The molecule has 3 atom stereocenters. The molecule has 0 radical (unpaired) electrons. The van der Waals surface area contributed by atoms with E-state index in [1.54, 1.807) is 4.90 Å². The van der Waals surface area contributed by atoms with Gasteiger partial charge >= 0.3 is 0 Å². The minimum absolute atomic E-state index is 0.0285. The van der Waals surface area contributed by atoms with Crippen molar-refractivity contribution in [1.29, 1.82) is 5.26 Å². The molecule has 11 heteroatoms. The third-order valence-electron chi connectivity index (χ3n) is 10.4. The monoisotopic (exact) mass is 635 g/mol. The fourth-order valence-corrected chi connectivity index (χ4v) is 7.76. The zero-order chi connectivity index (χ0) is 33.0. The Bertz CT molecular complexity index is 1590. The van der Waals surface area contributed by atoms with Crippen LogP contribution in [0.4, 0.5) is 0 Å². The SMILES string of the molecule is C=C(NCC)c1ccc2c(c1)CCc1cc(C(=O)NCC)ccc1C2(C[C@@H](NCC(=O)N1CCCC1C#N)C1CCC1)c1nnn[nH]1. The highest BCUT2D eigenvalue weighted by Gasteiger charge is 2.47. The molecule has 11 nitrogen and oxygen atoms in total. The van der Waals surface area contributed by atoms with E-state index in [1.165, 1.54) is 5.56 Å². The van der Waals surface area contributed by atoms with Crippen molar-refractivity contribution in [2.75, 3.05) is 26.2 Å². The number of rotatable bonds is 12. The van der Waals surface area contributed by atoms with Crippen molar-refractivity contribution in [3.63, 3.8) is 0 Å². The molecule has 1 aliphatic heterocycles. The number of nitrogens with zero attached hydrogens (tertiary/aromatic N) is 5. The van der Waals surface area contributed by atoms with Crippen LogP contribution in [0.15, 0.2) is 43.0 Å². The van der Waals surface area contributed by atoms with Crippen LogP contribution in [-0.2, 0) is 23.1 Å². The maximum absolute atomic E-state index is 13.4. The van der Waals surface area contributed by atoms with Crippen LogP contribution in [0.2, 0.25) is 0 Å². The second kappa shape index (κ2) is 14.1. The van der Waals surface area contributed by atoms with E-state index in [0.29, 0.717) is 36.8 Å². The Labute approximate surface area is 276 Å². The van der Waals surface area contributed by atoms with Crippen molar-refractivity contribution in [3.05, 3.63) is 82.2 Å². The molecular formula is C36H45N9O2. The highest BCUT2D eigenvalue weighted by molar-refractivity contribution is 5.94. The number of fused-ring (bicyclic) bond motifs is 2. The number of likely N-dealkylation sites (tertiary alicyclic amines) is 1. The Morgan fingerprint density at radius 3 is 2.36 bits per heavy atom. The van der Waals surface area contributed by atoms with Crippen LogP contribution in [0.25, 0.3) is 5.70 Å². The molecule has 2 aliphatic carbocycles. The number of carbonyl (C=O) groups excluding carboxylic acids is 2. The summed E-state index contributed by atoms with van der Waals surface area (Å²) in [6.45, 7) is 10.4. The molecule has 2 fully saturated rings. The van der Waals surface area contributed by atoms with Gasteiger partial charge in [-0.25, -0.2) is 5.10 Å². The van der Waals surface area contributed by atoms with Gasteiger partial charge in [0.15, 0.2) is 5.82 Å². The van der Waals surface area contributed by atoms with Gasteiger partial charge < -0.3 is 20.9 Å². The minimum Gasteiger partial charge on any atom is -0.385 e. The zero-order valence-electron chi connectivity index (χ0n) is 27.4. The van der Waals surface area contributed by atoms with Gasteiger partial charge in [-0.05, 0) is 121 Å². The predicted octanol–water partition coefficient (Wildman–Crippen LogP) is 3.63. The van der Waals surface area contributed by atoms with E-state index in [9.17, 15) is 14.9 Å². The van der Waals surface area contributed by atoms with E-state index in [0.717, 1.165) is 79.4 Å². The summed E-state index contributed by atoms with van der Waals surface area (Å²) >= 11 is 0. The summed E-state index contributed by atoms with van der Waals surface area (Å²) in [4.78, 5) is 28.1. The summed E-state index contributed by atoms with van der Waals surface area (Å²) < 4.78 is 0. The van der Waals surface area contributed by atoms with Crippen molar-refractivity contribution < 1.29 is 9.59 Å². The number of amides is 2. The fraction of sp³-hybridized carbons (Fsp3) is 0.500. The molecule has 2 heterocycles. The highest BCUT2D eigenvalue weighted by atomic mass is 16.2. The second-order valence-corrected chi connectivity index (χ2v) is 13.0. The second-order valence-electron chi connectivity index (χ2n) is 13.0. The topological polar surface area (TPSA) is 152 Å². The summed E-state index contributed by atoms with van der Waals surface area (Å²) in [5.41, 5.74) is 6.14. The number of aromatic nitrogens is 4. The quantitative estimate of drug-likeness (QED) is 0.236. The lowest BCUT2D eigenvalue weighted by Crippen LogP contribution is -2.50. The Kier molecular flexibility index (Phi) is 9.68. The van der Waals surface area contributed by atoms with Crippen LogP contribution in [-0.4, -0.2) is 75.6 Å². The Hall–Kier alpha value is -4.56. The van der Waals surface area contributed by atoms with Crippen LogP contribution in [0.5, 0.6) is 0 Å². The zero-order valence-corrected chi connectivity index (χ0v) is 27.4. The molecule has 0 spiro atoms. The standard InChI is InChI=1S/C36H45N9O2/c1-4-38-23(3)25-13-15-30-26(18-25)11-12-27-19-28(34(47)39-5-2)14-16-31(27)36(30,35-41-43-44-42-35)20-32(24-8-6-9-24)40-22-33(46)45-17-7-10-29(45)21-37/h13-16,18-19,24,29,32,38,40H,3-12,17,20,22H2,1-2H3,(H,39,47)(H,41,42,43,44)/t29?,32-,36?/m1/s1. The molecule has 1 aromatic heterocycles. The predicted molar refractivity (Wildman–Crippen MR) is 179 cm³/mol. The van der Waals surface area contributed by atoms with Crippen molar-refractivity contribution in [2.45, 2.75) is 82.7 Å². The first-order valence-electron chi connectivity index (χ1n) is 17.0. The van der Waals surface area contributed by atoms with Crippen LogP contribution in [0.3, 0.4) is 0 Å². The molecule has 1 saturated carbocycles. The third kappa shape index (κ3) is 6.26. The van der Waals surface area contributed by atoms with Crippen molar-refractivity contribution in [2.24, 2.45) is 5.92 Å².